The third-order valence-corrected chi connectivity index (χ3v) is 2.65. The summed E-state index contributed by atoms with van der Waals surface area (Å²) in [7, 11) is 0. The zero-order valence-electron chi connectivity index (χ0n) is 9.96. The average molecular weight is 191 g/mol. The van der Waals surface area contributed by atoms with E-state index in [1.54, 1.807) is 0 Å². The fourth-order valence-corrected chi connectivity index (χ4v) is 1.95. The summed E-state index contributed by atoms with van der Waals surface area (Å²) in [5.41, 5.74) is 4.20. The lowest BCUT2D eigenvalue weighted by atomic mass is 9.92. The lowest BCUT2D eigenvalue weighted by Gasteiger charge is -2.17. The van der Waals surface area contributed by atoms with Crippen LogP contribution in [0.1, 0.15) is 63.3 Å². The number of hydrogen-bond acceptors (Lipinski definition) is 1. The summed E-state index contributed by atoms with van der Waals surface area (Å²) in [6.07, 6.45) is 3.04. The molecule has 14 heavy (non-hydrogen) atoms. The zero-order chi connectivity index (χ0) is 10.7. The summed E-state index contributed by atoms with van der Waals surface area (Å²) in [6, 6.07) is 2.16. The van der Waals surface area contributed by atoms with Crippen LogP contribution in [0.25, 0.3) is 0 Å². The van der Waals surface area contributed by atoms with E-state index in [2.05, 4.69) is 45.7 Å². The molecule has 1 nitrogen and oxygen atoms in total. The Kier molecular flexibility index (Phi) is 3.68. The average Bonchev–Trinajstić information content (AvgIpc) is 2.16. The maximum Gasteiger partial charge on any atom is 0.0463 e. The Hall–Kier alpha value is -0.850. The molecular formula is C13H21N. The second-order valence-electron chi connectivity index (χ2n) is 4.43. The van der Waals surface area contributed by atoms with Crippen LogP contribution in [0.5, 0.6) is 0 Å². The van der Waals surface area contributed by atoms with E-state index in [1.165, 1.54) is 16.8 Å². The van der Waals surface area contributed by atoms with Crippen LogP contribution in [0.3, 0.4) is 0 Å². The molecule has 1 heterocycles. The van der Waals surface area contributed by atoms with Crippen LogP contribution in [0.2, 0.25) is 0 Å². The van der Waals surface area contributed by atoms with Gasteiger partial charge in [-0.3, -0.25) is 4.98 Å². The molecule has 1 aromatic heterocycles. The first-order valence-electron chi connectivity index (χ1n) is 5.55. The van der Waals surface area contributed by atoms with Crippen LogP contribution in [0.15, 0.2) is 12.3 Å². The van der Waals surface area contributed by atoms with Gasteiger partial charge in [0.25, 0.3) is 0 Å². The Morgan fingerprint density at radius 2 is 1.79 bits per heavy atom. The Morgan fingerprint density at radius 1 is 1.14 bits per heavy atom. The van der Waals surface area contributed by atoms with Gasteiger partial charge in [0.1, 0.15) is 0 Å². The third-order valence-electron chi connectivity index (χ3n) is 2.65. The molecule has 0 N–H and O–H groups in total. The molecule has 0 atom stereocenters. The molecule has 78 valence electrons. The molecule has 0 unspecified atom stereocenters. The molecule has 0 aliphatic carbocycles. The van der Waals surface area contributed by atoms with Crippen molar-refractivity contribution in [2.45, 2.75) is 52.9 Å². The van der Waals surface area contributed by atoms with Gasteiger partial charge in [0, 0.05) is 11.9 Å². The highest BCUT2D eigenvalue weighted by atomic mass is 14.7. The second kappa shape index (κ2) is 4.59. The van der Waals surface area contributed by atoms with Gasteiger partial charge in [0.05, 0.1) is 0 Å². The largest absolute Gasteiger partial charge is 0.261 e. The number of hydrogen-bond donors (Lipinski definition) is 0. The third kappa shape index (κ3) is 2.14. The highest BCUT2D eigenvalue weighted by molar-refractivity contribution is 5.33. The van der Waals surface area contributed by atoms with Gasteiger partial charge in [-0.15, -0.1) is 0 Å². The van der Waals surface area contributed by atoms with E-state index in [9.17, 15) is 0 Å². The summed E-state index contributed by atoms with van der Waals surface area (Å²) in [5, 5.41) is 0. The Balaban J connectivity index is 3.25. The maximum absolute atomic E-state index is 4.49. The van der Waals surface area contributed by atoms with Crippen LogP contribution in [-0.2, 0) is 6.42 Å². The molecule has 0 bridgehead atoms. The quantitative estimate of drug-likeness (QED) is 0.706. The van der Waals surface area contributed by atoms with Crippen molar-refractivity contribution in [1.29, 1.82) is 0 Å². The standard InChI is InChI=1S/C13H21N/c1-6-11-12(9(2)3)7-8-14-13(11)10(4)5/h7-10H,6H2,1-5H3. The minimum atomic E-state index is 0.531. The number of rotatable bonds is 3. The molecule has 0 radical (unpaired) electrons. The molecule has 1 aromatic rings. The topological polar surface area (TPSA) is 12.9 Å². The molecule has 0 aromatic carbocycles. The Bertz CT molecular complexity index is 274. The highest BCUT2D eigenvalue weighted by Gasteiger charge is 2.12. The normalized spacial score (nSPS) is 11.4. The first-order valence-corrected chi connectivity index (χ1v) is 5.55. The van der Waals surface area contributed by atoms with Crippen molar-refractivity contribution in [2.75, 3.05) is 0 Å². The van der Waals surface area contributed by atoms with Gasteiger partial charge >= 0.3 is 0 Å². The van der Waals surface area contributed by atoms with Crippen molar-refractivity contribution >= 4 is 0 Å². The minimum absolute atomic E-state index is 0.531. The van der Waals surface area contributed by atoms with Crippen molar-refractivity contribution in [2.24, 2.45) is 0 Å². The fraction of sp³-hybridized carbons (Fsp3) is 0.615. The fourth-order valence-electron chi connectivity index (χ4n) is 1.95. The van der Waals surface area contributed by atoms with Crippen molar-refractivity contribution in [3.63, 3.8) is 0 Å². The molecule has 0 aliphatic rings. The summed E-state index contributed by atoms with van der Waals surface area (Å²) in [5.74, 6) is 1.13. The van der Waals surface area contributed by atoms with Gasteiger partial charge in [-0.2, -0.15) is 0 Å². The lowest BCUT2D eigenvalue weighted by molar-refractivity contribution is 0.767. The van der Waals surface area contributed by atoms with E-state index < -0.39 is 0 Å². The Morgan fingerprint density at radius 3 is 2.21 bits per heavy atom. The van der Waals surface area contributed by atoms with Gasteiger partial charge < -0.3 is 0 Å². The number of nitrogens with zero attached hydrogens (tertiary/aromatic N) is 1. The van der Waals surface area contributed by atoms with E-state index in [-0.39, 0.29) is 0 Å². The first-order chi connectivity index (χ1) is 6.57. The van der Waals surface area contributed by atoms with Gasteiger partial charge in [0.2, 0.25) is 0 Å². The van der Waals surface area contributed by atoms with E-state index in [0.717, 1.165) is 6.42 Å². The maximum atomic E-state index is 4.49. The molecule has 1 rings (SSSR count). The molecule has 0 saturated carbocycles. The Labute approximate surface area is 87.6 Å². The number of aromatic nitrogens is 1. The van der Waals surface area contributed by atoms with Gasteiger partial charge in [-0.1, -0.05) is 34.6 Å². The molecule has 0 spiro atoms. The first kappa shape index (κ1) is 11.2. The summed E-state index contributed by atoms with van der Waals surface area (Å²) in [4.78, 5) is 4.49. The molecule has 0 fully saturated rings. The highest BCUT2D eigenvalue weighted by Crippen LogP contribution is 2.25. The van der Waals surface area contributed by atoms with Crippen molar-refractivity contribution in [3.05, 3.63) is 29.1 Å². The lowest BCUT2D eigenvalue weighted by Crippen LogP contribution is -2.04. The summed E-state index contributed by atoms with van der Waals surface area (Å²) >= 11 is 0. The van der Waals surface area contributed by atoms with Crippen LogP contribution < -0.4 is 0 Å². The molecule has 0 aliphatic heterocycles. The van der Waals surface area contributed by atoms with E-state index in [0.29, 0.717) is 11.8 Å². The van der Waals surface area contributed by atoms with Gasteiger partial charge in [-0.05, 0) is 35.4 Å². The van der Waals surface area contributed by atoms with Crippen LogP contribution in [0, 0.1) is 0 Å². The van der Waals surface area contributed by atoms with E-state index in [4.69, 9.17) is 0 Å². The smallest absolute Gasteiger partial charge is 0.0463 e. The van der Waals surface area contributed by atoms with Gasteiger partial charge in [0.15, 0.2) is 0 Å². The van der Waals surface area contributed by atoms with Crippen LogP contribution in [-0.4, -0.2) is 4.98 Å². The predicted molar refractivity (Wildman–Crippen MR) is 61.8 cm³/mol. The molecule has 0 saturated heterocycles. The van der Waals surface area contributed by atoms with Crippen molar-refractivity contribution < 1.29 is 0 Å². The van der Waals surface area contributed by atoms with E-state index in [1.807, 2.05) is 6.20 Å². The summed E-state index contributed by atoms with van der Waals surface area (Å²) < 4.78 is 0. The van der Waals surface area contributed by atoms with Gasteiger partial charge in [-0.25, -0.2) is 0 Å². The number of pyridine rings is 1. The zero-order valence-corrected chi connectivity index (χ0v) is 9.96. The van der Waals surface area contributed by atoms with Crippen LogP contribution >= 0.6 is 0 Å². The van der Waals surface area contributed by atoms with Crippen LogP contribution in [0.4, 0.5) is 0 Å². The minimum Gasteiger partial charge on any atom is -0.261 e. The van der Waals surface area contributed by atoms with Crippen molar-refractivity contribution in [3.8, 4) is 0 Å². The van der Waals surface area contributed by atoms with E-state index >= 15 is 0 Å². The molecular weight excluding hydrogens is 170 g/mol. The molecule has 1 heteroatoms. The predicted octanol–water partition coefficient (Wildman–Crippen LogP) is 3.89. The molecule has 0 amide bonds. The monoisotopic (exact) mass is 191 g/mol. The van der Waals surface area contributed by atoms with Crippen molar-refractivity contribution in [1.82, 2.24) is 4.98 Å². The second-order valence-corrected chi connectivity index (χ2v) is 4.43. The summed E-state index contributed by atoms with van der Waals surface area (Å²) in [6.45, 7) is 11.1. The SMILES string of the molecule is CCc1c(C(C)C)ccnc1C(C)C.